The molecule has 0 aliphatic carbocycles. The third-order valence-corrected chi connectivity index (χ3v) is 3.50. The number of carbonyl (C=O) groups is 4. The molecule has 0 unspecified atom stereocenters. The van der Waals surface area contributed by atoms with Crippen molar-refractivity contribution in [2.45, 2.75) is 12.8 Å². The lowest BCUT2D eigenvalue weighted by Crippen LogP contribution is -2.29. The van der Waals surface area contributed by atoms with Gasteiger partial charge < -0.3 is 20.1 Å². The van der Waals surface area contributed by atoms with Gasteiger partial charge in [-0.3, -0.25) is 9.97 Å². The SMILES string of the molecule is O=C(/C=C\C(=O)OC(=O)NCCc1ccccn1)OC(=O)NCCc1ccccn1. The van der Waals surface area contributed by atoms with Crippen LogP contribution in [0.15, 0.2) is 60.9 Å². The minimum Gasteiger partial charge on any atom is -0.373 e. The van der Waals surface area contributed by atoms with Crippen molar-refractivity contribution >= 4 is 24.1 Å². The molecular formula is C20H20N4O6. The smallest absolute Gasteiger partial charge is 0.373 e. The third kappa shape index (κ3) is 9.22. The van der Waals surface area contributed by atoms with E-state index in [4.69, 9.17) is 0 Å². The molecule has 0 fully saturated rings. The van der Waals surface area contributed by atoms with Gasteiger partial charge in [-0.05, 0) is 24.3 Å². The molecule has 2 heterocycles. The first-order chi connectivity index (χ1) is 14.5. The molecule has 0 spiro atoms. The standard InChI is InChI=1S/C20H20N4O6/c25-17(29-19(27)23-13-9-15-5-1-3-11-21-15)7-8-18(26)30-20(28)24-14-10-16-6-2-4-12-22-16/h1-8,11-12H,9-10,13-14H2,(H,23,27)(H,24,28)/b8-7-. The highest BCUT2D eigenvalue weighted by molar-refractivity contribution is 5.98. The van der Waals surface area contributed by atoms with E-state index in [1.54, 1.807) is 36.7 Å². The van der Waals surface area contributed by atoms with Gasteiger partial charge >= 0.3 is 24.1 Å². The minimum atomic E-state index is -1.09. The summed E-state index contributed by atoms with van der Waals surface area (Å²) in [6, 6.07) is 10.8. The number of nitrogens with one attached hydrogen (secondary N) is 2. The molecule has 30 heavy (non-hydrogen) atoms. The van der Waals surface area contributed by atoms with Gasteiger partial charge in [-0.1, -0.05) is 12.1 Å². The molecule has 0 saturated heterocycles. The number of alkyl carbamates (subject to hydrolysis) is 2. The van der Waals surface area contributed by atoms with Gasteiger partial charge in [0.05, 0.1) is 0 Å². The fourth-order valence-electron chi connectivity index (χ4n) is 2.14. The Hall–Kier alpha value is -4.08. The molecule has 0 aliphatic heterocycles. The van der Waals surface area contributed by atoms with Crippen molar-refractivity contribution in [1.29, 1.82) is 0 Å². The van der Waals surface area contributed by atoms with E-state index in [0.717, 1.165) is 11.4 Å². The molecule has 2 N–H and O–H groups in total. The molecule has 156 valence electrons. The van der Waals surface area contributed by atoms with Gasteiger partial charge in [0.15, 0.2) is 0 Å². The molecule has 10 heteroatoms. The molecule has 0 aromatic carbocycles. The van der Waals surface area contributed by atoms with Crippen molar-refractivity contribution in [2.24, 2.45) is 0 Å². The van der Waals surface area contributed by atoms with Crippen LogP contribution in [0.5, 0.6) is 0 Å². The number of nitrogens with zero attached hydrogens (tertiary/aromatic N) is 2. The second-order valence-electron chi connectivity index (χ2n) is 5.75. The van der Waals surface area contributed by atoms with Crippen LogP contribution >= 0.6 is 0 Å². The molecule has 0 atom stereocenters. The maximum atomic E-state index is 11.5. The van der Waals surface area contributed by atoms with E-state index in [1.807, 2.05) is 12.1 Å². The summed E-state index contributed by atoms with van der Waals surface area (Å²) in [5.41, 5.74) is 1.54. The second-order valence-corrected chi connectivity index (χ2v) is 5.75. The summed E-state index contributed by atoms with van der Waals surface area (Å²) < 4.78 is 8.89. The number of pyridine rings is 2. The molecule has 10 nitrogen and oxygen atoms in total. The number of hydrogen-bond acceptors (Lipinski definition) is 8. The molecule has 0 aliphatic rings. The molecule has 2 aromatic heterocycles. The van der Waals surface area contributed by atoms with Crippen molar-refractivity contribution in [3.8, 4) is 0 Å². The van der Waals surface area contributed by atoms with Crippen molar-refractivity contribution in [3.05, 3.63) is 72.3 Å². The van der Waals surface area contributed by atoms with Crippen molar-refractivity contribution in [1.82, 2.24) is 20.6 Å². The van der Waals surface area contributed by atoms with Crippen LogP contribution in [0.3, 0.4) is 0 Å². The Morgan fingerprint density at radius 3 is 1.53 bits per heavy atom. The fraction of sp³-hybridized carbons (Fsp3) is 0.200. The predicted molar refractivity (Wildman–Crippen MR) is 104 cm³/mol. The van der Waals surface area contributed by atoms with Gasteiger partial charge in [0.25, 0.3) is 0 Å². The van der Waals surface area contributed by atoms with Gasteiger partial charge in [-0.25, -0.2) is 19.2 Å². The first-order valence-corrected chi connectivity index (χ1v) is 9.00. The van der Waals surface area contributed by atoms with Crippen molar-refractivity contribution in [2.75, 3.05) is 13.1 Å². The van der Waals surface area contributed by atoms with Gasteiger partial charge in [0, 0.05) is 61.9 Å². The lowest BCUT2D eigenvalue weighted by Gasteiger charge is -2.04. The van der Waals surface area contributed by atoms with E-state index in [0.29, 0.717) is 25.0 Å². The summed E-state index contributed by atoms with van der Waals surface area (Å²) >= 11 is 0. The largest absolute Gasteiger partial charge is 0.415 e. The zero-order valence-electron chi connectivity index (χ0n) is 15.9. The zero-order chi connectivity index (χ0) is 21.6. The van der Waals surface area contributed by atoms with Crippen LogP contribution in [-0.4, -0.2) is 47.2 Å². The summed E-state index contributed by atoms with van der Waals surface area (Å²) in [7, 11) is 0. The number of aromatic nitrogens is 2. The van der Waals surface area contributed by atoms with E-state index in [1.165, 1.54) is 0 Å². The number of ether oxygens (including phenoxy) is 2. The van der Waals surface area contributed by atoms with E-state index in [-0.39, 0.29) is 13.1 Å². The monoisotopic (exact) mass is 412 g/mol. The number of esters is 2. The van der Waals surface area contributed by atoms with E-state index in [9.17, 15) is 19.2 Å². The van der Waals surface area contributed by atoms with Crippen LogP contribution in [0.1, 0.15) is 11.4 Å². The first kappa shape index (κ1) is 22.2. The number of amides is 2. The Morgan fingerprint density at radius 2 is 1.17 bits per heavy atom. The molecule has 0 bridgehead atoms. The van der Waals surface area contributed by atoms with Crippen LogP contribution in [0.2, 0.25) is 0 Å². The third-order valence-electron chi connectivity index (χ3n) is 3.50. The van der Waals surface area contributed by atoms with E-state index < -0.39 is 24.1 Å². The van der Waals surface area contributed by atoms with E-state index in [2.05, 4.69) is 30.1 Å². The summed E-state index contributed by atoms with van der Waals surface area (Å²) in [6.45, 7) is 0.432. The van der Waals surface area contributed by atoms with Gasteiger partial charge in [0.1, 0.15) is 0 Å². The van der Waals surface area contributed by atoms with Crippen LogP contribution in [0, 0.1) is 0 Å². The van der Waals surface area contributed by atoms with Gasteiger partial charge in [0.2, 0.25) is 0 Å². The predicted octanol–water partition coefficient (Wildman–Crippen LogP) is 1.32. The van der Waals surface area contributed by atoms with Crippen LogP contribution in [0.25, 0.3) is 0 Å². The van der Waals surface area contributed by atoms with Gasteiger partial charge in [-0.15, -0.1) is 0 Å². The first-order valence-electron chi connectivity index (χ1n) is 9.00. The molecule has 2 aromatic rings. The molecule has 2 rings (SSSR count). The van der Waals surface area contributed by atoms with Crippen LogP contribution in [0.4, 0.5) is 9.59 Å². The quantitative estimate of drug-likeness (QED) is 0.376. The number of rotatable bonds is 8. The van der Waals surface area contributed by atoms with Crippen molar-refractivity contribution in [3.63, 3.8) is 0 Å². The molecular weight excluding hydrogens is 392 g/mol. The fourth-order valence-corrected chi connectivity index (χ4v) is 2.14. The number of hydrogen-bond donors (Lipinski definition) is 2. The minimum absolute atomic E-state index is 0.216. The van der Waals surface area contributed by atoms with Crippen LogP contribution in [-0.2, 0) is 31.9 Å². The number of carbonyl (C=O) groups excluding carboxylic acids is 4. The highest BCUT2D eigenvalue weighted by Crippen LogP contribution is 1.95. The Bertz CT molecular complexity index is 813. The molecule has 2 amide bonds. The average Bonchev–Trinajstić information content (AvgIpc) is 2.74. The van der Waals surface area contributed by atoms with Crippen molar-refractivity contribution < 1.29 is 28.7 Å². The summed E-state index contributed by atoms with van der Waals surface area (Å²) in [5.74, 6) is -2.17. The molecule has 0 radical (unpaired) electrons. The van der Waals surface area contributed by atoms with E-state index >= 15 is 0 Å². The maximum absolute atomic E-state index is 11.5. The highest BCUT2D eigenvalue weighted by atomic mass is 16.6. The Kier molecular flexibility index (Phi) is 9.18. The average molecular weight is 412 g/mol. The Balaban J connectivity index is 1.60. The maximum Gasteiger partial charge on any atom is 0.415 e. The topological polar surface area (TPSA) is 137 Å². The molecule has 0 saturated carbocycles. The Labute approximate surface area is 172 Å². The van der Waals surface area contributed by atoms with Gasteiger partial charge in [-0.2, -0.15) is 0 Å². The lowest BCUT2D eigenvalue weighted by molar-refractivity contribution is -0.134. The summed E-state index contributed by atoms with van der Waals surface area (Å²) in [6.07, 6.45) is 3.60. The Morgan fingerprint density at radius 1 is 0.733 bits per heavy atom. The van der Waals surface area contributed by atoms with Crippen LogP contribution < -0.4 is 10.6 Å². The highest BCUT2D eigenvalue weighted by Gasteiger charge is 2.10. The second kappa shape index (κ2) is 12.4. The lowest BCUT2D eigenvalue weighted by atomic mass is 10.3. The normalized spacial score (nSPS) is 10.3. The summed E-state index contributed by atoms with van der Waals surface area (Å²) in [5, 5.41) is 4.75. The summed E-state index contributed by atoms with van der Waals surface area (Å²) in [4.78, 5) is 54.2. The zero-order valence-corrected chi connectivity index (χ0v) is 15.9.